The average Bonchev–Trinajstić information content (AvgIpc) is 3.00. The molecule has 0 spiro atoms. The molecule has 0 amide bonds. The Morgan fingerprint density at radius 3 is 2.40 bits per heavy atom. The van der Waals surface area contributed by atoms with Gasteiger partial charge in [-0.1, -0.05) is 6.92 Å². The number of hydrogen-bond donors (Lipinski definition) is 1. The molecule has 0 aliphatic carbocycles. The van der Waals surface area contributed by atoms with Crippen LogP contribution < -0.4 is 14.8 Å². The minimum atomic E-state index is 0.646. The molecule has 1 aliphatic heterocycles. The van der Waals surface area contributed by atoms with E-state index in [-0.39, 0.29) is 0 Å². The van der Waals surface area contributed by atoms with E-state index in [0.717, 1.165) is 37.7 Å². The number of methoxy groups -OCH3 is 2. The third kappa shape index (κ3) is 3.87. The van der Waals surface area contributed by atoms with Crippen molar-refractivity contribution in [2.24, 2.45) is 0 Å². The van der Waals surface area contributed by atoms with E-state index < -0.39 is 0 Å². The molecule has 20 heavy (non-hydrogen) atoms. The molecule has 1 saturated heterocycles. The van der Waals surface area contributed by atoms with Crippen molar-refractivity contribution < 1.29 is 9.47 Å². The zero-order valence-corrected chi connectivity index (χ0v) is 12.8. The van der Waals surface area contributed by atoms with Gasteiger partial charge in [0.1, 0.15) is 11.5 Å². The summed E-state index contributed by atoms with van der Waals surface area (Å²) in [7, 11) is 3.40. The minimum Gasteiger partial charge on any atom is -0.497 e. The number of rotatable bonds is 7. The van der Waals surface area contributed by atoms with Gasteiger partial charge in [0.2, 0.25) is 0 Å². The lowest BCUT2D eigenvalue weighted by Gasteiger charge is -2.28. The molecular weight excluding hydrogens is 252 g/mol. The largest absolute Gasteiger partial charge is 0.497 e. The monoisotopic (exact) mass is 278 g/mol. The summed E-state index contributed by atoms with van der Waals surface area (Å²) in [6.45, 7) is 6.55. The van der Waals surface area contributed by atoms with E-state index >= 15 is 0 Å². The van der Waals surface area contributed by atoms with E-state index in [4.69, 9.17) is 9.47 Å². The Morgan fingerprint density at radius 2 is 1.90 bits per heavy atom. The molecule has 2 rings (SSSR count). The highest BCUT2D eigenvalue weighted by atomic mass is 16.5. The summed E-state index contributed by atoms with van der Waals surface area (Å²) >= 11 is 0. The van der Waals surface area contributed by atoms with Crippen LogP contribution in [0.2, 0.25) is 0 Å². The lowest BCUT2D eigenvalue weighted by Crippen LogP contribution is -2.36. The summed E-state index contributed by atoms with van der Waals surface area (Å²) in [4.78, 5) is 2.56. The average molecular weight is 278 g/mol. The van der Waals surface area contributed by atoms with E-state index in [2.05, 4.69) is 29.3 Å². The SMILES string of the molecule is CCCN(Cc1cc(OC)cc(OC)c1)C1CCNC1. The molecule has 0 bridgehead atoms. The highest BCUT2D eigenvalue weighted by Gasteiger charge is 2.22. The smallest absolute Gasteiger partial charge is 0.122 e. The van der Waals surface area contributed by atoms with Crippen LogP contribution in [0.5, 0.6) is 11.5 Å². The molecule has 112 valence electrons. The molecule has 0 aromatic heterocycles. The van der Waals surface area contributed by atoms with Gasteiger partial charge in [0.15, 0.2) is 0 Å². The third-order valence-corrected chi connectivity index (χ3v) is 3.86. The van der Waals surface area contributed by atoms with Crippen molar-refractivity contribution in [1.82, 2.24) is 10.2 Å². The molecule has 4 heteroatoms. The number of hydrogen-bond acceptors (Lipinski definition) is 4. The van der Waals surface area contributed by atoms with Crippen LogP contribution in [0.1, 0.15) is 25.3 Å². The van der Waals surface area contributed by atoms with Gasteiger partial charge in [-0.2, -0.15) is 0 Å². The maximum atomic E-state index is 5.35. The lowest BCUT2D eigenvalue weighted by molar-refractivity contribution is 0.199. The highest BCUT2D eigenvalue weighted by Crippen LogP contribution is 2.24. The maximum Gasteiger partial charge on any atom is 0.122 e. The molecule has 1 heterocycles. The zero-order valence-electron chi connectivity index (χ0n) is 12.8. The van der Waals surface area contributed by atoms with Gasteiger partial charge in [0, 0.05) is 25.2 Å². The highest BCUT2D eigenvalue weighted by molar-refractivity contribution is 5.38. The van der Waals surface area contributed by atoms with Crippen LogP contribution in [0, 0.1) is 0 Å². The molecule has 0 saturated carbocycles. The first kappa shape index (κ1) is 15.1. The summed E-state index contributed by atoms with van der Waals surface area (Å²) in [5, 5.41) is 3.45. The second-order valence-corrected chi connectivity index (χ2v) is 5.34. The lowest BCUT2D eigenvalue weighted by atomic mass is 10.1. The Bertz CT molecular complexity index is 395. The molecule has 1 fully saturated rings. The molecule has 1 aromatic carbocycles. The molecule has 0 radical (unpaired) electrons. The van der Waals surface area contributed by atoms with Crippen LogP contribution in [0.25, 0.3) is 0 Å². The first-order valence-corrected chi connectivity index (χ1v) is 7.43. The van der Waals surface area contributed by atoms with Crippen LogP contribution in [-0.2, 0) is 6.54 Å². The minimum absolute atomic E-state index is 0.646. The fourth-order valence-corrected chi connectivity index (χ4v) is 2.82. The number of nitrogens with one attached hydrogen (secondary N) is 1. The van der Waals surface area contributed by atoms with Crippen molar-refractivity contribution in [3.05, 3.63) is 23.8 Å². The summed E-state index contributed by atoms with van der Waals surface area (Å²) in [6, 6.07) is 6.78. The van der Waals surface area contributed by atoms with E-state index in [1.165, 1.54) is 18.4 Å². The molecule has 1 aliphatic rings. The Hall–Kier alpha value is -1.26. The van der Waals surface area contributed by atoms with Crippen LogP contribution >= 0.6 is 0 Å². The molecule has 1 N–H and O–H groups in total. The van der Waals surface area contributed by atoms with Crippen LogP contribution in [-0.4, -0.2) is 44.8 Å². The first-order chi connectivity index (χ1) is 9.76. The maximum absolute atomic E-state index is 5.35. The van der Waals surface area contributed by atoms with E-state index in [0.29, 0.717) is 6.04 Å². The number of benzene rings is 1. The van der Waals surface area contributed by atoms with Gasteiger partial charge in [0.25, 0.3) is 0 Å². The third-order valence-electron chi connectivity index (χ3n) is 3.86. The van der Waals surface area contributed by atoms with Gasteiger partial charge in [-0.25, -0.2) is 0 Å². The van der Waals surface area contributed by atoms with E-state index in [9.17, 15) is 0 Å². The predicted octanol–water partition coefficient (Wildman–Crippen LogP) is 2.28. The second-order valence-electron chi connectivity index (χ2n) is 5.34. The van der Waals surface area contributed by atoms with Gasteiger partial charge >= 0.3 is 0 Å². The molecule has 4 nitrogen and oxygen atoms in total. The zero-order chi connectivity index (χ0) is 14.4. The fourth-order valence-electron chi connectivity index (χ4n) is 2.82. The quantitative estimate of drug-likeness (QED) is 0.829. The standard InChI is InChI=1S/C16H26N2O2/c1-4-7-18(14-5-6-17-11-14)12-13-8-15(19-2)10-16(9-13)20-3/h8-10,14,17H,4-7,11-12H2,1-3H3. The van der Waals surface area contributed by atoms with Crippen molar-refractivity contribution in [3.63, 3.8) is 0 Å². The van der Waals surface area contributed by atoms with Crippen molar-refractivity contribution in [2.45, 2.75) is 32.4 Å². The fraction of sp³-hybridized carbons (Fsp3) is 0.625. The van der Waals surface area contributed by atoms with Crippen molar-refractivity contribution in [3.8, 4) is 11.5 Å². The second kappa shape index (κ2) is 7.50. The number of ether oxygens (including phenoxy) is 2. The number of nitrogens with zero attached hydrogens (tertiary/aromatic N) is 1. The Balaban J connectivity index is 2.12. The molecular formula is C16H26N2O2. The Morgan fingerprint density at radius 1 is 1.20 bits per heavy atom. The summed E-state index contributed by atoms with van der Waals surface area (Å²) in [5.74, 6) is 1.72. The molecule has 1 unspecified atom stereocenters. The van der Waals surface area contributed by atoms with E-state index in [1.807, 2.05) is 6.07 Å². The van der Waals surface area contributed by atoms with Crippen molar-refractivity contribution in [1.29, 1.82) is 0 Å². The Kier molecular flexibility index (Phi) is 5.68. The van der Waals surface area contributed by atoms with E-state index in [1.54, 1.807) is 14.2 Å². The Labute approximate surface area is 122 Å². The normalized spacial score (nSPS) is 18.5. The topological polar surface area (TPSA) is 33.7 Å². The molecule has 1 aromatic rings. The van der Waals surface area contributed by atoms with Gasteiger partial charge < -0.3 is 14.8 Å². The first-order valence-electron chi connectivity index (χ1n) is 7.43. The predicted molar refractivity (Wildman–Crippen MR) is 81.5 cm³/mol. The van der Waals surface area contributed by atoms with Crippen molar-refractivity contribution >= 4 is 0 Å². The summed E-state index contributed by atoms with van der Waals surface area (Å²) in [5.41, 5.74) is 1.25. The van der Waals surface area contributed by atoms with Gasteiger partial charge in [-0.05, 0) is 43.6 Å². The van der Waals surface area contributed by atoms with Crippen LogP contribution in [0.15, 0.2) is 18.2 Å². The van der Waals surface area contributed by atoms with Crippen molar-refractivity contribution in [2.75, 3.05) is 33.9 Å². The van der Waals surface area contributed by atoms with Crippen LogP contribution in [0.3, 0.4) is 0 Å². The van der Waals surface area contributed by atoms with Gasteiger partial charge in [-0.3, -0.25) is 4.90 Å². The molecule has 1 atom stereocenters. The summed E-state index contributed by atoms with van der Waals surface area (Å²) in [6.07, 6.45) is 2.42. The summed E-state index contributed by atoms with van der Waals surface area (Å²) < 4.78 is 10.7. The van der Waals surface area contributed by atoms with Gasteiger partial charge in [-0.15, -0.1) is 0 Å². The van der Waals surface area contributed by atoms with Gasteiger partial charge in [0.05, 0.1) is 14.2 Å². The van der Waals surface area contributed by atoms with Crippen LogP contribution in [0.4, 0.5) is 0 Å².